The number of likely N-dealkylation sites (N-methyl/N-ethyl adjacent to an activating group) is 1. The standard InChI is InChI=1S/C10H20N2/c1-7(2)9-6-11-10(8(3)4)12(9)5/h7-9H,6H2,1-5H3. The van der Waals surface area contributed by atoms with Gasteiger partial charge in [-0.2, -0.15) is 0 Å². The minimum atomic E-state index is 0.568. The molecule has 12 heavy (non-hydrogen) atoms. The molecule has 2 heteroatoms. The fraction of sp³-hybridized carbons (Fsp3) is 0.900. The number of aliphatic imine (C=N–C) groups is 1. The van der Waals surface area contributed by atoms with Crippen molar-refractivity contribution in [2.75, 3.05) is 13.6 Å². The molecule has 0 bridgehead atoms. The van der Waals surface area contributed by atoms with Crippen LogP contribution in [-0.2, 0) is 0 Å². The molecule has 0 saturated carbocycles. The Balaban J connectivity index is 2.63. The second-order valence-electron chi connectivity index (χ2n) is 4.28. The van der Waals surface area contributed by atoms with E-state index in [4.69, 9.17) is 0 Å². The van der Waals surface area contributed by atoms with E-state index in [1.165, 1.54) is 5.84 Å². The van der Waals surface area contributed by atoms with Gasteiger partial charge in [-0.1, -0.05) is 27.7 Å². The second-order valence-corrected chi connectivity index (χ2v) is 4.28. The van der Waals surface area contributed by atoms with Crippen molar-refractivity contribution in [3.05, 3.63) is 0 Å². The number of amidine groups is 1. The fourth-order valence-corrected chi connectivity index (χ4v) is 1.84. The van der Waals surface area contributed by atoms with Crippen molar-refractivity contribution in [2.24, 2.45) is 16.8 Å². The maximum absolute atomic E-state index is 4.56. The van der Waals surface area contributed by atoms with Crippen LogP contribution in [0.5, 0.6) is 0 Å². The van der Waals surface area contributed by atoms with Gasteiger partial charge in [-0.15, -0.1) is 0 Å². The van der Waals surface area contributed by atoms with E-state index in [2.05, 4.69) is 44.6 Å². The topological polar surface area (TPSA) is 15.6 Å². The molecule has 1 aliphatic rings. The highest BCUT2D eigenvalue weighted by molar-refractivity contribution is 5.85. The molecule has 1 rings (SSSR count). The smallest absolute Gasteiger partial charge is 0.102 e. The Morgan fingerprint density at radius 2 is 1.92 bits per heavy atom. The molecule has 70 valence electrons. The van der Waals surface area contributed by atoms with E-state index < -0.39 is 0 Å². The van der Waals surface area contributed by atoms with Gasteiger partial charge in [0.05, 0.1) is 12.6 Å². The molecule has 1 unspecified atom stereocenters. The van der Waals surface area contributed by atoms with Crippen molar-refractivity contribution in [1.29, 1.82) is 0 Å². The maximum Gasteiger partial charge on any atom is 0.102 e. The van der Waals surface area contributed by atoms with E-state index in [0.717, 1.165) is 6.54 Å². The predicted molar refractivity (Wildman–Crippen MR) is 53.5 cm³/mol. The minimum absolute atomic E-state index is 0.568. The normalized spacial score (nSPS) is 24.1. The summed E-state index contributed by atoms with van der Waals surface area (Å²) in [4.78, 5) is 6.90. The number of hydrogen-bond donors (Lipinski definition) is 0. The number of nitrogens with zero attached hydrogens (tertiary/aromatic N) is 2. The third kappa shape index (κ3) is 1.62. The molecular formula is C10H20N2. The molecule has 0 N–H and O–H groups in total. The summed E-state index contributed by atoms with van der Waals surface area (Å²) in [6.07, 6.45) is 0. The Morgan fingerprint density at radius 1 is 1.33 bits per heavy atom. The van der Waals surface area contributed by atoms with Gasteiger partial charge in [0.2, 0.25) is 0 Å². The van der Waals surface area contributed by atoms with Crippen LogP contribution in [0.4, 0.5) is 0 Å². The largest absolute Gasteiger partial charge is 0.358 e. The fourth-order valence-electron chi connectivity index (χ4n) is 1.84. The first-order valence-corrected chi connectivity index (χ1v) is 4.81. The van der Waals surface area contributed by atoms with Gasteiger partial charge in [0.25, 0.3) is 0 Å². The molecule has 2 nitrogen and oxygen atoms in total. The zero-order valence-corrected chi connectivity index (χ0v) is 8.83. The Kier molecular flexibility index (Phi) is 2.76. The van der Waals surface area contributed by atoms with Crippen molar-refractivity contribution in [3.8, 4) is 0 Å². The Morgan fingerprint density at radius 3 is 2.17 bits per heavy atom. The molecule has 0 radical (unpaired) electrons. The molecule has 1 heterocycles. The van der Waals surface area contributed by atoms with Gasteiger partial charge in [0.1, 0.15) is 5.84 Å². The molecule has 0 aromatic carbocycles. The highest BCUT2D eigenvalue weighted by atomic mass is 15.3. The first-order chi connectivity index (χ1) is 5.54. The molecule has 1 aliphatic heterocycles. The highest BCUT2D eigenvalue weighted by Gasteiger charge is 2.27. The zero-order valence-electron chi connectivity index (χ0n) is 8.83. The molecule has 1 atom stereocenters. The molecule has 0 amide bonds. The Labute approximate surface area is 75.7 Å². The van der Waals surface area contributed by atoms with Gasteiger partial charge in [-0.25, -0.2) is 0 Å². The average Bonchev–Trinajstić information content (AvgIpc) is 2.30. The van der Waals surface area contributed by atoms with Gasteiger partial charge in [0, 0.05) is 13.0 Å². The summed E-state index contributed by atoms with van der Waals surface area (Å²) in [5.74, 6) is 2.54. The third-order valence-corrected chi connectivity index (χ3v) is 2.59. The lowest BCUT2D eigenvalue weighted by atomic mass is 10.0. The van der Waals surface area contributed by atoms with Crippen molar-refractivity contribution in [1.82, 2.24) is 4.90 Å². The van der Waals surface area contributed by atoms with E-state index in [0.29, 0.717) is 17.9 Å². The number of rotatable bonds is 2. The molecule has 0 saturated heterocycles. The van der Waals surface area contributed by atoms with Crippen LogP contribution in [-0.4, -0.2) is 30.4 Å². The molecule has 0 aliphatic carbocycles. The monoisotopic (exact) mass is 168 g/mol. The van der Waals surface area contributed by atoms with Crippen LogP contribution < -0.4 is 0 Å². The summed E-state index contributed by atoms with van der Waals surface area (Å²) >= 11 is 0. The second kappa shape index (κ2) is 3.46. The third-order valence-electron chi connectivity index (χ3n) is 2.59. The molecular weight excluding hydrogens is 148 g/mol. The summed E-state index contributed by atoms with van der Waals surface area (Å²) in [6, 6.07) is 0.627. The molecule has 0 aromatic rings. The van der Waals surface area contributed by atoms with Gasteiger partial charge in [-0.3, -0.25) is 4.99 Å². The summed E-state index contributed by atoms with van der Waals surface area (Å²) in [7, 11) is 2.16. The lowest BCUT2D eigenvalue weighted by Gasteiger charge is -2.27. The van der Waals surface area contributed by atoms with Crippen LogP contribution in [0.25, 0.3) is 0 Å². The Hall–Kier alpha value is -0.530. The van der Waals surface area contributed by atoms with Crippen LogP contribution in [0.1, 0.15) is 27.7 Å². The van der Waals surface area contributed by atoms with Gasteiger partial charge in [0.15, 0.2) is 0 Å². The maximum atomic E-state index is 4.56. The van der Waals surface area contributed by atoms with Crippen LogP contribution in [0.3, 0.4) is 0 Å². The molecule has 0 aromatic heterocycles. The number of hydrogen-bond acceptors (Lipinski definition) is 2. The molecule has 0 spiro atoms. The van der Waals surface area contributed by atoms with E-state index in [9.17, 15) is 0 Å². The Bertz CT molecular complexity index is 182. The van der Waals surface area contributed by atoms with Gasteiger partial charge >= 0.3 is 0 Å². The van der Waals surface area contributed by atoms with Crippen molar-refractivity contribution < 1.29 is 0 Å². The van der Waals surface area contributed by atoms with Gasteiger partial charge < -0.3 is 4.90 Å². The summed E-state index contributed by atoms with van der Waals surface area (Å²) in [5.41, 5.74) is 0. The van der Waals surface area contributed by atoms with E-state index >= 15 is 0 Å². The van der Waals surface area contributed by atoms with Crippen LogP contribution in [0, 0.1) is 11.8 Å². The lowest BCUT2D eigenvalue weighted by Crippen LogP contribution is -2.38. The lowest BCUT2D eigenvalue weighted by molar-refractivity contribution is 0.311. The minimum Gasteiger partial charge on any atom is -0.358 e. The average molecular weight is 168 g/mol. The predicted octanol–water partition coefficient (Wildman–Crippen LogP) is 2.01. The van der Waals surface area contributed by atoms with E-state index in [1.54, 1.807) is 0 Å². The quantitative estimate of drug-likeness (QED) is 0.616. The van der Waals surface area contributed by atoms with Crippen molar-refractivity contribution in [3.63, 3.8) is 0 Å². The van der Waals surface area contributed by atoms with Gasteiger partial charge in [-0.05, 0) is 5.92 Å². The van der Waals surface area contributed by atoms with Crippen LogP contribution >= 0.6 is 0 Å². The van der Waals surface area contributed by atoms with Crippen molar-refractivity contribution >= 4 is 5.84 Å². The van der Waals surface area contributed by atoms with E-state index in [1.807, 2.05) is 0 Å². The molecule has 0 fully saturated rings. The summed E-state index contributed by atoms with van der Waals surface area (Å²) in [5, 5.41) is 0. The SMILES string of the molecule is CC(C)C1=NCC(C(C)C)N1C. The summed E-state index contributed by atoms with van der Waals surface area (Å²) < 4.78 is 0. The zero-order chi connectivity index (χ0) is 9.30. The van der Waals surface area contributed by atoms with E-state index in [-0.39, 0.29) is 0 Å². The summed E-state index contributed by atoms with van der Waals surface area (Å²) in [6.45, 7) is 9.93. The first-order valence-electron chi connectivity index (χ1n) is 4.81. The van der Waals surface area contributed by atoms with Crippen molar-refractivity contribution in [2.45, 2.75) is 33.7 Å². The highest BCUT2D eigenvalue weighted by Crippen LogP contribution is 2.19. The van der Waals surface area contributed by atoms with Crippen LogP contribution in [0.15, 0.2) is 4.99 Å². The van der Waals surface area contributed by atoms with Crippen LogP contribution in [0.2, 0.25) is 0 Å². The first kappa shape index (κ1) is 9.56.